The topological polar surface area (TPSA) is 81.2 Å². The zero-order valence-corrected chi connectivity index (χ0v) is 11.4. The number of benzene rings is 1. The van der Waals surface area contributed by atoms with Gasteiger partial charge in [0, 0.05) is 17.6 Å². The van der Waals surface area contributed by atoms with Crippen LogP contribution in [0.3, 0.4) is 0 Å². The second-order valence-corrected chi connectivity index (χ2v) is 4.43. The van der Waals surface area contributed by atoms with Crippen molar-refractivity contribution in [2.75, 3.05) is 12.4 Å². The van der Waals surface area contributed by atoms with Crippen molar-refractivity contribution in [1.29, 1.82) is 0 Å². The zero-order valence-electron chi connectivity index (χ0n) is 10.6. The summed E-state index contributed by atoms with van der Waals surface area (Å²) in [6.45, 7) is 0. The number of amides is 1. The van der Waals surface area contributed by atoms with Crippen LogP contribution in [0.5, 0.6) is 0 Å². The van der Waals surface area contributed by atoms with E-state index in [9.17, 15) is 9.59 Å². The lowest BCUT2D eigenvalue weighted by Gasteiger charge is -1.99. The van der Waals surface area contributed by atoms with Gasteiger partial charge in [-0.05, 0) is 11.6 Å². The normalized spacial score (nSPS) is 10.4. The van der Waals surface area contributed by atoms with Crippen LogP contribution in [-0.2, 0) is 9.53 Å². The molecule has 1 heterocycles. The maximum absolute atomic E-state index is 11.7. The molecule has 0 fully saturated rings. The number of rotatable bonds is 4. The second kappa shape index (κ2) is 6.58. The molecular formula is C13H11N3O3S. The number of hydrogen-bond donors (Lipinski definition) is 1. The van der Waals surface area contributed by atoms with Gasteiger partial charge in [-0.25, -0.2) is 4.79 Å². The summed E-state index contributed by atoms with van der Waals surface area (Å²) >= 11 is 0.915. The van der Waals surface area contributed by atoms with Crippen LogP contribution < -0.4 is 5.32 Å². The average Bonchev–Trinajstić information content (AvgIpc) is 2.93. The van der Waals surface area contributed by atoms with Crippen molar-refractivity contribution >= 4 is 34.5 Å². The Morgan fingerprint density at radius 3 is 2.75 bits per heavy atom. The molecule has 0 aliphatic carbocycles. The first-order valence-corrected chi connectivity index (χ1v) is 6.43. The molecule has 0 aliphatic heterocycles. The maximum Gasteiger partial charge on any atom is 0.361 e. The molecule has 1 N–H and O–H groups in total. The van der Waals surface area contributed by atoms with Crippen molar-refractivity contribution in [2.45, 2.75) is 0 Å². The predicted molar refractivity (Wildman–Crippen MR) is 75.4 cm³/mol. The smallest absolute Gasteiger partial charge is 0.361 e. The Balaban J connectivity index is 2.04. The van der Waals surface area contributed by atoms with Crippen LogP contribution in [0.2, 0.25) is 0 Å². The molecule has 0 atom stereocenters. The highest BCUT2D eigenvalue weighted by atomic mass is 32.1. The van der Waals surface area contributed by atoms with E-state index in [1.165, 1.54) is 13.2 Å². The maximum atomic E-state index is 11.7. The largest absolute Gasteiger partial charge is 0.464 e. The SMILES string of the molecule is COC(=O)c1nnsc1NC(=O)/C=C/c1ccccc1. The lowest BCUT2D eigenvalue weighted by Crippen LogP contribution is -2.11. The minimum absolute atomic E-state index is 0.000962. The molecular weight excluding hydrogens is 278 g/mol. The van der Waals surface area contributed by atoms with E-state index in [1.807, 2.05) is 30.3 Å². The molecule has 7 heteroatoms. The molecule has 102 valence electrons. The van der Waals surface area contributed by atoms with E-state index >= 15 is 0 Å². The van der Waals surface area contributed by atoms with Gasteiger partial charge < -0.3 is 10.1 Å². The molecule has 1 aromatic heterocycles. The van der Waals surface area contributed by atoms with Crippen LogP contribution in [0.25, 0.3) is 6.08 Å². The first-order chi connectivity index (χ1) is 9.70. The number of nitrogens with zero attached hydrogens (tertiary/aromatic N) is 2. The number of hydrogen-bond acceptors (Lipinski definition) is 6. The van der Waals surface area contributed by atoms with Crippen LogP contribution in [0.15, 0.2) is 36.4 Å². The van der Waals surface area contributed by atoms with Gasteiger partial charge >= 0.3 is 5.97 Å². The Bertz CT molecular complexity index is 637. The van der Waals surface area contributed by atoms with Crippen LogP contribution >= 0.6 is 11.5 Å². The van der Waals surface area contributed by atoms with Gasteiger partial charge in [0.2, 0.25) is 11.6 Å². The van der Waals surface area contributed by atoms with Gasteiger partial charge in [-0.3, -0.25) is 4.79 Å². The van der Waals surface area contributed by atoms with Crippen LogP contribution in [0.1, 0.15) is 16.1 Å². The number of carbonyl (C=O) groups is 2. The highest BCUT2D eigenvalue weighted by molar-refractivity contribution is 7.10. The third-order valence-corrected chi connectivity index (χ3v) is 2.97. The lowest BCUT2D eigenvalue weighted by atomic mass is 10.2. The fourth-order valence-electron chi connectivity index (χ4n) is 1.39. The van der Waals surface area contributed by atoms with Crippen molar-refractivity contribution in [2.24, 2.45) is 0 Å². The minimum Gasteiger partial charge on any atom is -0.464 e. The summed E-state index contributed by atoms with van der Waals surface area (Å²) in [4.78, 5) is 23.1. The summed E-state index contributed by atoms with van der Waals surface area (Å²) < 4.78 is 8.16. The molecule has 0 saturated heterocycles. The Labute approximate surface area is 119 Å². The fraction of sp³-hybridized carbons (Fsp3) is 0.0769. The van der Waals surface area contributed by atoms with Gasteiger partial charge in [0.25, 0.3) is 0 Å². The van der Waals surface area contributed by atoms with Crippen molar-refractivity contribution in [3.05, 3.63) is 47.7 Å². The number of carbonyl (C=O) groups excluding carboxylic acids is 2. The zero-order chi connectivity index (χ0) is 14.4. The van der Waals surface area contributed by atoms with Crippen LogP contribution in [0, 0.1) is 0 Å². The van der Waals surface area contributed by atoms with Gasteiger partial charge in [0.15, 0.2) is 5.00 Å². The fourth-order valence-corrected chi connectivity index (χ4v) is 1.95. The minimum atomic E-state index is -0.638. The Kier molecular flexibility index (Phi) is 4.56. The van der Waals surface area contributed by atoms with E-state index in [0.717, 1.165) is 17.1 Å². The molecule has 1 amide bonds. The van der Waals surface area contributed by atoms with E-state index < -0.39 is 5.97 Å². The summed E-state index contributed by atoms with van der Waals surface area (Å²) in [6, 6.07) is 9.39. The summed E-state index contributed by atoms with van der Waals surface area (Å²) in [5.74, 6) is -1.01. The number of anilines is 1. The molecule has 20 heavy (non-hydrogen) atoms. The molecule has 2 rings (SSSR count). The van der Waals surface area contributed by atoms with Gasteiger partial charge in [0.1, 0.15) is 0 Å². The molecule has 0 radical (unpaired) electrons. The molecule has 0 bridgehead atoms. The molecule has 0 spiro atoms. The number of methoxy groups -OCH3 is 1. The number of esters is 1. The summed E-state index contributed by atoms with van der Waals surface area (Å²) in [7, 11) is 1.24. The third kappa shape index (κ3) is 3.48. The Morgan fingerprint density at radius 2 is 2.05 bits per heavy atom. The van der Waals surface area contributed by atoms with Crippen LogP contribution in [0.4, 0.5) is 5.00 Å². The molecule has 6 nitrogen and oxygen atoms in total. The number of aromatic nitrogens is 2. The van der Waals surface area contributed by atoms with Crippen molar-refractivity contribution in [3.8, 4) is 0 Å². The quantitative estimate of drug-likeness (QED) is 0.687. The highest BCUT2D eigenvalue weighted by Gasteiger charge is 2.17. The Hall–Kier alpha value is -2.54. The molecule has 0 aliphatic rings. The van der Waals surface area contributed by atoms with E-state index in [2.05, 4.69) is 19.6 Å². The van der Waals surface area contributed by atoms with Crippen LogP contribution in [-0.4, -0.2) is 28.6 Å². The second-order valence-electron chi connectivity index (χ2n) is 3.68. The van der Waals surface area contributed by atoms with E-state index in [4.69, 9.17) is 0 Å². The number of ether oxygens (including phenoxy) is 1. The molecule has 1 aromatic carbocycles. The van der Waals surface area contributed by atoms with Gasteiger partial charge in [-0.15, -0.1) is 5.10 Å². The van der Waals surface area contributed by atoms with Gasteiger partial charge in [-0.1, -0.05) is 34.8 Å². The van der Waals surface area contributed by atoms with Crippen molar-refractivity contribution in [3.63, 3.8) is 0 Å². The van der Waals surface area contributed by atoms with Crippen molar-refractivity contribution < 1.29 is 14.3 Å². The first-order valence-electron chi connectivity index (χ1n) is 5.65. The van der Waals surface area contributed by atoms with Gasteiger partial charge in [-0.2, -0.15) is 0 Å². The molecule has 2 aromatic rings. The Morgan fingerprint density at radius 1 is 1.30 bits per heavy atom. The molecule has 0 saturated carbocycles. The third-order valence-electron chi connectivity index (χ3n) is 2.33. The standard InChI is InChI=1S/C13H11N3O3S/c1-19-13(18)11-12(20-16-15-11)14-10(17)8-7-9-5-3-2-4-6-9/h2-8H,1H3,(H,14,17)/b8-7+. The summed E-state index contributed by atoms with van der Waals surface area (Å²) in [6.07, 6.45) is 3.04. The summed E-state index contributed by atoms with van der Waals surface area (Å²) in [5.41, 5.74) is 0.900. The van der Waals surface area contributed by atoms with E-state index in [1.54, 1.807) is 6.08 Å². The first kappa shape index (κ1) is 13.9. The predicted octanol–water partition coefficient (Wildman–Crippen LogP) is 1.98. The monoisotopic (exact) mass is 289 g/mol. The van der Waals surface area contributed by atoms with Gasteiger partial charge in [0.05, 0.1) is 7.11 Å². The van der Waals surface area contributed by atoms with E-state index in [0.29, 0.717) is 0 Å². The molecule has 0 unspecified atom stereocenters. The average molecular weight is 289 g/mol. The van der Waals surface area contributed by atoms with E-state index in [-0.39, 0.29) is 16.6 Å². The highest BCUT2D eigenvalue weighted by Crippen LogP contribution is 2.18. The van der Waals surface area contributed by atoms with Crippen molar-refractivity contribution in [1.82, 2.24) is 9.59 Å². The number of nitrogens with one attached hydrogen (secondary N) is 1. The summed E-state index contributed by atoms with van der Waals surface area (Å²) in [5, 5.41) is 6.42. The lowest BCUT2D eigenvalue weighted by molar-refractivity contribution is -0.111.